The van der Waals surface area contributed by atoms with Gasteiger partial charge in [0.2, 0.25) is 0 Å². The summed E-state index contributed by atoms with van der Waals surface area (Å²) in [6.45, 7) is 3.92. The molecule has 0 aliphatic carbocycles. The average Bonchev–Trinajstić information content (AvgIpc) is 3.23. The second-order valence-electron chi connectivity index (χ2n) is 7.29. The number of rotatable bonds is 7. The lowest BCUT2D eigenvalue weighted by atomic mass is 10.1. The Morgan fingerprint density at radius 1 is 1.26 bits per heavy atom. The highest BCUT2D eigenvalue weighted by molar-refractivity contribution is 6.07. The zero-order valence-corrected chi connectivity index (χ0v) is 18.3. The Bertz CT molecular complexity index is 1430. The molecular formula is C24H20FN7O2. The van der Waals surface area contributed by atoms with Crippen LogP contribution in [0.2, 0.25) is 0 Å². The van der Waals surface area contributed by atoms with Gasteiger partial charge in [0.25, 0.3) is 5.91 Å². The Balaban J connectivity index is 1.76. The molecule has 2 aromatic heterocycles. The lowest BCUT2D eigenvalue weighted by molar-refractivity contribution is -0.114. The molecule has 0 saturated carbocycles. The van der Waals surface area contributed by atoms with Crippen LogP contribution >= 0.6 is 0 Å². The summed E-state index contributed by atoms with van der Waals surface area (Å²) in [7, 11) is 1.44. The smallest absolute Gasteiger partial charge is 0.268 e. The van der Waals surface area contributed by atoms with Gasteiger partial charge in [0, 0.05) is 23.9 Å². The van der Waals surface area contributed by atoms with Crippen molar-refractivity contribution in [3.8, 4) is 23.1 Å². The van der Waals surface area contributed by atoms with Crippen molar-refractivity contribution in [2.45, 2.75) is 6.54 Å². The van der Waals surface area contributed by atoms with Gasteiger partial charge in [-0.2, -0.15) is 10.4 Å². The average molecular weight is 457 g/mol. The van der Waals surface area contributed by atoms with Gasteiger partial charge in [-0.05, 0) is 24.3 Å². The number of nitrogens with zero attached hydrogens (tertiary/aromatic N) is 6. The molecule has 4 rings (SSSR count). The van der Waals surface area contributed by atoms with Crippen molar-refractivity contribution < 1.29 is 13.9 Å². The quantitative estimate of drug-likeness (QED) is 0.333. The Morgan fingerprint density at radius 2 is 2.03 bits per heavy atom. The summed E-state index contributed by atoms with van der Waals surface area (Å²) in [5, 5.41) is 14.2. The van der Waals surface area contributed by atoms with E-state index < -0.39 is 11.7 Å². The van der Waals surface area contributed by atoms with Crippen LogP contribution in [0, 0.1) is 17.1 Å². The highest BCUT2D eigenvalue weighted by atomic mass is 19.1. The minimum atomic E-state index is -0.519. The Hall–Kier alpha value is -4.78. The third kappa shape index (κ3) is 4.27. The second-order valence-corrected chi connectivity index (χ2v) is 7.29. The first kappa shape index (κ1) is 22.4. The van der Waals surface area contributed by atoms with Crippen LogP contribution in [0.25, 0.3) is 22.3 Å². The van der Waals surface area contributed by atoms with Gasteiger partial charge in [-0.3, -0.25) is 4.79 Å². The van der Waals surface area contributed by atoms with Crippen molar-refractivity contribution >= 4 is 28.4 Å². The third-order valence-electron chi connectivity index (χ3n) is 5.18. The van der Waals surface area contributed by atoms with Crippen molar-refractivity contribution in [2.75, 3.05) is 24.3 Å². The molecule has 2 heterocycles. The number of halogens is 1. The number of fused-ring (bicyclic) bond motifs is 1. The number of ether oxygens (including phenoxy) is 1. The first-order valence-corrected chi connectivity index (χ1v) is 10.2. The maximum Gasteiger partial charge on any atom is 0.268 e. The summed E-state index contributed by atoms with van der Waals surface area (Å²) in [4.78, 5) is 22.6. The predicted molar refractivity (Wildman–Crippen MR) is 125 cm³/mol. The summed E-state index contributed by atoms with van der Waals surface area (Å²) >= 11 is 0. The van der Waals surface area contributed by atoms with Crippen molar-refractivity contribution in [2.24, 2.45) is 0 Å². The number of carbonyl (C=O) groups excluding carboxylic acids is 1. The topological polar surface area (TPSA) is 123 Å². The summed E-state index contributed by atoms with van der Waals surface area (Å²) in [5.41, 5.74) is 7.78. The number of methoxy groups -OCH3 is 1. The molecule has 0 aliphatic heterocycles. The van der Waals surface area contributed by atoms with Crippen LogP contribution in [0.4, 0.5) is 15.9 Å². The van der Waals surface area contributed by atoms with Crippen LogP contribution in [0.1, 0.15) is 0 Å². The molecule has 0 unspecified atom stereocenters. The molecule has 2 N–H and O–H groups in total. The molecular weight excluding hydrogens is 437 g/mol. The Kier molecular flexibility index (Phi) is 6.18. The van der Waals surface area contributed by atoms with Crippen LogP contribution in [0.15, 0.2) is 67.0 Å². The normalized spacial score (nSPS) is 10.6. The summed E-state index contributed by atoms with van der Waals surface area (Å²) in [5.74, 6) is -0.509. The van der Waals surface area contributed by atoms with E-state index in [1.165, 1.54) is 30.5 Å². The summed E-state index contributed by atoms with van der Waals surface area (Å²) in [6.07, 6.45) is 1.31. The summed E-state index contributed by atoms with van der Waals surface area (Å²) < 4.78 is 20.9. The molecule has 4 aromatic rings. The highest BCUT2D eigenvalue weighted by Crippen LogP contribution is 2.32. The molecule has 0 aliphatic rings. The van der Waals surface area contributed by atoms with Crippen molar-refractivity contribution in [3.63, 3.8) is 0 Å². The maximum atomic E-state index is 14.2. The fourth-order valence-corrected chi connectivity index (χ4v) is 3.57. The van der Waals surface area contributed by atoms with E-state index in [4.69, 9.17) is 15.7 Å². The molecule has 170 valence electrons. The summed E-state index contributed by atoms with van der Waals surface area (Å²) in [6, 6.07) is 14.9. The van der Waals surface area contributed by atoms with Gasteiger partial charge in [-0.1, -0.05) is 24.8 Å². The minimum absolute atomic E-state index is 0.163. The SMILES string of the molecule is C=C(C#N)C(=O)N(CCn1nc(-c2cc(F)cc(OC)c2)c2c(N)ncnc21)c1ccccc1. The monoisotopic (exact) mass is 457 g/mol. The number of hydrogen-bond donors (Lipinski definition) is 1. The van der Waals surface area contributed by atoms with Crippen LogP contribution in [-0.2, 0) is 11.3 Å². The number of hydrogen-bond acceptors (Lipinski definition) is 7. The van der Waals surface area contributed by atoms with Crippen molar-refractivity contribution in [1.29, 1.82) is 5.26 Å². The van der Waals surface area contributed by atoms with Crippen LogP contribution in [-0.4, -0.2) is 39.3 Å². The maximum absolute atomic E-state index is 14.2. The Morgan fingerprint density at radius 3 is 2.74 bits per heavy atom. The van der Waals surface area contributed by atoms with E-state index in [0.29, 0.717) is 33.7 Å². The minimum Gasteiger partial charge on any atom is -0.497 e. The molecule has 0 fully saturated rings. The lowest BCUT2D eigenvalue weighted by Crippen LogP contribution is -2.34. The van der Waals surface area contributed by atoms with E-state index in [-0.39, 0.29) is 24.5 Å². The molecule has 0 spiro atoms. The van der Waals surface area contributed by atoms with E-state index in [2.05, 4.69) is 21.6 Å². The number of anilines is 2. The van der Waals surface area contributed by atoms with Crippen LogP contribution in [0.3, 0.4) is 0 Å². The Labute approximate surface area is 194 Å². The molecule has 0 saturated heterocycles. The molecule has 1 amide bonds. The molecule has 0 radical (unpaired) electrons. The first-order chi connectivity index (χ1) is 16.4. The number of benzene rings is 2. The number of aromatic nitrogens is 4. The largest absolute Gasteiger partial charge is 0.497 e. The van der Waals surface area contributed by atoms with Crippen molar-refractivity contribution in [1.82, 2.24) is 19.7 Å². The molecule has 0 atom stereocenters. The van der Waals surface area contributed by atoms with Gasteiger partial charge < -0.3 is 15.4 Å². The third-order valence-corrected chi connectivity index (χ3v) is 5.18. The molecule has 2 aromatic carbocycles. The van der Waals surface area contributed by atoms with Gasteiger partial charge in [0.1, 0.15) is 41.0 Å². The van der Waals surface area contributed by atoms with E-state index in [0.717, 1.165) is 0 Å². The first-order valence-electron chi connectivity index (χ1n) is 10.2. The van der Waals surface area contributed by atoms with Gasteiger partial charge in [-0.25, -0.2) is 19.0 Å². The standard InChI is InChI=1S/C24H20FN7O2/c1-15(13-26)24(33)31(18-6-4-3-5-7-18)8-9-32-23-20(22(27)28-14-29-23)21(30-32)16-10-17(25)12-19(11-16)34-2/h3-7,10-12,14H,1,8-9H2,2H3,(H2,27,28,29). The number of nitriles is 1. The van der Waals surface area contributed by atoms with E-state index in [1.54, 1.807) is 41.1 Å². The zero-order valence-electron chi connectivity index (χ0n) is 18.3. The fraction of sp³-hybridized carbons (Fsp3) is 0.125. The molecule has 34 heavy (non-hydrogen) atoms. The molecule has 9 nitrogen and oxygen atoms in total. The van der Waals surface area contributed by atoms with Gasteiger partial charge in [0.05, 0.1) is 19.0 Å². The number of nitrogens with two attached hydrogens (primary N) is 1. The second kappa shape index (κ2) is 9.38. The van der Waals surface area contributed by atoms with Crippen LogP contribution < -0.4 is 15.4 Å². The van der Waals surface area contributed by atoms with Crippen molar-refractivity contribution in [3.05, 3.63) is 72.8 Å². The van der Waals surface area contributed by atoms with Gasteiger partial charge >= 0.3 is 0 Å². The van der Waals surface area contributed by atoms with Crippen LogP contribution in [0.5, 0.6) is 5.75 Å². The fourth-order valence-electron chi connectivity index (χ4n) is 3.57. The number of carbonyl (C=O) groups is 1. The van der Waals surface area contributed by atoms with E-state index >= 15 is 0 Å². The van der Waals surface area contributed by atoms with E-state index in [1.807, 2.05) is 6.07 Å². The van der Waals surface area contributed by atoms with E-state index in [9.17, 15) is 9.18 Å². The highest BCUT2D eigenvalue weighted by Gasteiger charge is 2.22. The molecule has 0 bridgehead atoms. The predicted octanol–water partition coefficient (Wildman–Crippen LogP) is 3.34. The number of para-hydroxylation sites is 1. The molecule has 10 heteroatoms. The number of nitrogen functional groups attached to an aromatic ring is 1. The zero-order chi connectivity index (χ0) is 24.2. The lowest BCUT2D eigenvalue weighted by Gasteiger charge is -2.22. The number of amides is 1. The van der Waals surface area contributed by atoms with Gasteiger partial charge in [0.15, 0.2) is 5.65 Å². The van der Waals surface area contributed by atoms with Gasteiger partial charge in [-0.15, -0.1) is 0 Å².